The maximum Gasteiger partial charge on any atom is 0.306 e. The van der Waals surface area contributed by atoms with Crippen molar-refractivity contribution in [2.24, 2.45) is 5.73 Å². The number of carbonyl (C=O) groups excluding carboxylic acids is 1. The number of rotatable bonds is 13. The third-order valence-corrected chi connectivity index (χ3v) is 5.26. The van der Waals surface area contributed by atoms with E-state index >= 15 is 0 Å². The van der Waals surface area contributed by atoms with Gasteiger partial charge in [-0.05, 0) is 32.3 Å². The monoisotopic (exact) mass is 481 g/mol. The van der Waals surface area contributed by atoms with Gasteiger partial charge in [-0.25, -0.2) is 0 Å². The van der Waals surface area contributed by atoms with Crippen molar-refractivity contribution in [3.8, 4) is 0 Å². The van der Waals surface area contributed by atoms with E-state index in [1.807, 2.05) is 30.3 Å². The van der Waals surface area contributed by atoms with Gasteiger partial charge in [0, 0.05) is 13.0 Å². The summed E-state index contributed by atoms with van der Waals surface area (Å²) < 4.78 is 14.3. The van der Waals surface area contributed by atoms with E-state index in [2.05, 4.69) is 0 Å². The molecule has 0 fully saturated rings. The van der Waals surface area contributed by atoms with Crippen molar-refractivity contribution < 1.29 is 24.1 Å². The molecule has 0 bridgehead atoms. The average Bonchev–Trinajstić information content (AvgIpc) is 2.67. The van der Waals surface area contributed by atoms with Crippen molar-refractivity contribution in [2.75, 3.05) is 13.2 Å². The lowest BCUT2D eigenvalue weighted by Gasteiger charge is -2.36. The molecule has 0 heterocycles. The number of alkyl halides is 3. The summed E-state index contributed by atoms with van der Waals surface area (Å²) in [7, 11) is 0. The average molecular weight is 483 g/mol. The lowest BCUT2D eigenvalue weighted by Crippen LogP contribution is -2.54. The summed E-state index contributed by atoms with van der Waals surface area (Å²) in [5.74, 6) is -0.306. The number of ether oxygens (including phenoxy) is 3. The topological polar surface area (TPSA) is 91.0 Å². The normalized spacial score (nSPS) is 16.2. The van der Waals surface area contributed by atoms with Crippen LogP contribution in [0.3, 0.4) is 0 Å². The van der Waals surface area contributed by atoms with Crippen LogP contribution in [0.4, 0.5) is 0 Å². The zero-order chi connectivity index (χ0) is 22.6. The first-order chi connectivity index (χ1) is 14.1. The lowest BCUT2D eigenvalue weighted by molar-refractivity contribution is -0.143. The molecule has 1 rings (SSSR count). The predicted octanol–water partition coefficient (Wildman–Crippen LogP) is 4.28. The summed E-state index contributed by atoms with van der Waals surface area (Å²) >= 11 is 17.7. The predicted molar refractivity (Wildman–Crippen MR) is 119 cm³/mol. The fourth-order valence-corrected chi connectivity index (χ4v) is 2.53. The van der Waals surface area contributed by atoms with Gasteiger partial charge in [-0.1, -0.05) is 77.3 Å². The minimum atomic E-state index is -1.91. The molecule has 0 aliphatic rings. The highest BCUT2D eigenvalue weighted by Crippen LogP contribution is 2.38. The molecule has 0 saturated carbocycles. The minimum Gasteiger partial charge on any atom is -0.466 e. The van der Waals surface area contributed by atoms with Crippen LogP contribution in [0.15, 0.2) is 42.5 Å². The number of hydrogen-bond acceptors (Lipinski definition) is 6. The molecule has 6 nitrogen and oxygen atoms in total. The number of carbonyl (C=O) groups is 1. The Hall–Kier alpha value is -0.860. The molecular formula is C21H30Cl3NO5. The number of aliphatic hydroxyl groups excluding tert-OH is 1. The van der Waals surface area contributed by atoms with Crippen LogP contribution in [0.25, 0.3) is 0 Å². The van der Waals surface area contributed by atoms with Crippen LogP contribution in [0.1, 0.15) is 38.7 Å². The van der Waals surface area contributed by atoms with E-state index in [1.54, 1.807) is 19.1 Å². The highest BCUT2D eigenvalue weighted by atomic mass is 35.6. The van der Waals surface area contributed by atoms with E-state index in [0.29, 0.717) is 26.2 Å². The summed E-state index contributed by atoms with van der Waals surface area (Å²) in [5.41, 5.74) is 5.37. The van der Waals surface area contributed by atoms with Crippen LogP contribution in [-0.4, -0.2) is 46.0 Å². The van der Waals surface area contributed by atoms with Gasteiger partial charge in [-0.15, -0.1) is 0 Å². The molecule has 170 valence electrons. The molecule has 1 aromatic rings. The van der Waals surface area contributed by atoms with Crippen LogP contribution in [0, 0.1) is 0 Å². The molecular weight excluding hydrogens is 453 g/mol. The molecule has 3 N–H and O–H groups in total. The van der Waals surface area contributed by atoms with Crippen LogP contribution in [0.5, 0.6) is 0 Å². The van der Waals surface area contributed by atoms with Gasteiger partial charge in [0.1, 0.15) is 6.10 Å². The fourth-order valence-electron chi connectivity index (χ4n) is 2.39. The standard InChI is InChI=1S/C21H30Cl3NO5/c1-3-29-19(27)12-8-7-11-18(30-20(2,25)21(22,23)24)17(26)13-14-28-15-16-9-5-4-6-10-16/h4-7,9-11,17-18,26H,3,8,12-15,25H2,1-2H3/b11-7+/t17-,18-,20?/m0/s1. The van der Waals surface area contributed by atoms with Gasteiger partial charge in [0.2, 0.25) is 3.79 Å². The van der Waals surface area contributed by atoms with E-state index in [1.165, 1.54) is 6.92 Å². The molecule has 9 heteroatoms. The third-order valence-electron chi connectivity index (χ3n) is 4.14. The van der Waals surface area contributed by atoms with E-state index in [9.17, 15) is 9.90 Å². The van der Waals surface area contributed by atoms with Crippen LogP contribution < -0.4 is 5.73 Å². The quantitative estimate of drug-likeness (QED) is 0.143. The van der Waals surface area contributed by atoms with Crippen LogP contribution in [-0.2, 0) is 25.6 Å². The highest BCUT2D eigenvalue weighted by Gasteiger charge is 2.44. The Morgan fingerprint density at radius 1 is 1.27 bits per heavy atom. The Balaban J connectivity index is 2.64. The van der Waals surface area contributed by atoms with E-state index in [4.69, 9.17) is 54.7 Å². The van der Waals surface area contributed by atoms with Crippen LogP contribution >= 0.6 is 34.8 Å². The van der Waals surface area contributed by atoms with Gasteiger partial charge in [0.25, 0.3) is 0 Å². The van der Waals surface area contributed by atoms with Gasteiger partial charge < -0.3 is 25.1 Å². The maximum absolute atomic E-state index is 11.4. The molecule has 0 aliphatic heterocycles. The first-order valence-corrected chi connectivity index (χ1v) is 10.9. The number of aliphatic hydroxyl groups is 1. The molecule has 0 aromatic heterocycles. The SMILES string of the molecule is CCOC(=O)CC/C=C/[C@H](OC(C)(N)C(Cl)(Cl)Cl)[C@@H](O)CCOCc1ccccc1. The molecule has 1 aromatic carbocycles. The summed E-state index contributed by atoms with van der Waals surface area (Å²) in [6.07, 6.45) is 2.36. The van der Waals surface area contributed by atoms with Crippen molar-refractivity contribution >= 4 is 40.8 Å². The van der Waals surface area contributed by atoms with Crippen molar-refractivity contribution in [1.82, 2.24) is 0 Å². The Bertz CT molecular complexity index is 650. The van der Waals surface area contributed by atoms with E-state index in [0.717, 1.165) is 5.56 Å². The number of esters is 1. The zero-order valence-corrected chi connectivity index (χ0v) is 19.5. The number of hydrogen-bond donors (Lipinski definition) is 2. The molecule has 0 amide bonds. The lowest BCUT2D eigenvalue weighted by atomic mass is 10.1. The number of halogens is 3. The smallest absolute Gasteiger partial charge is 0.306 e. The molecule has 0 saturated heterocycles. The molecule has 0 spiro atoms. The minimum absolute atomic E-state index is 0.206. The molecule has 1 unspecified atom stereocenters. The van der Waals surface area contributed by atoms with Gasteiger partial charge in [0.05, 0.1) is 19.3 Å². The third kappa shape index (κ3) is 10.4. The van der Waals surface area contributed by atoms with Crippen molar-refractivity contribution in [1.29, 1.82) is 0 Å². The fraction of sp³-hybridized carbons (Fsp3) is 0.571. The van der Waals surface area contributed by atoms with Crippen molar-refractivity contribution in [3.63, 3.8) is 0 Å². The highest BCUT2D eigenvalue weighted by molar-refractivity contribution is 6.68. The van der Waals surface area contributed by atoms with Crippen molar-refractivity contribution in [3.05, 3.63) is 48.0 Å². The number of nitrogens with two attached hydrogens (primary N) is 1. The first-order valence-electron chi connectivity index (χ1n) is 9.72. The van der Waals surface area contributed by atoms with E-state index in [-0.39, 0.29) is 18.8 Å². The van der Waals surface area contributed by atoms with Gasteiger partial charge in [-0.3, -0.25) is 4.79 Å². The molecule has 3 atom stereocenters. The first kappa shape index (κ1) is 27.2. The maximum atomic E-state index is 11.4. The summed E-state index contributed by atoms with van der Waals surface area (Å²) in [6, 6.07) is 9.69. The Morgan fingerprint density at radius 2 is 1.93 bits per heavy atom. The number of allylic oxidation sites excluding steroid dienone is 1. The van der Waals surface area contributed by atoms with Crippen LogP contribution in [0.2, 0.25) is 0 Å². The largest absolute Gasteiger partial charge is 0.466 e. The summed E-state index contributed by atoms with van der Waals surface area (Å²) in [6.45, 7) is 4.20. The van der Waals surface area contributed by atoms with E-state index < -0.39 is 21.7 Å². The molecule has 30 heavy (non-hydrogen) atoms. The Labute approximate surface area is 193 Å². The second-order valence-electron chi connectivity index (χ2n) is 6.85. The molecule has 0 radical (unpaired) electrons. The summed E-state index contributed by atoms with van der Waals surface area (Å²) in [4.78, 5) is 11.4. The van der Waals surface area contributed by atoms with Gasteiger partial charge >= 0.3 is 5.97 Å². The Morgan fingerprint density at radius 3 is 2.53 bits per heavy atom. The Kier molecular flexibility index (Phi) is 12.3. The second-order valence-corrected chi connectivity index (χ2v) is 9.13. The summed E-state index contributed by atoms with van der Waals surface area (Å²) in [5, 5.41) is 10.6. The zero-order valence-electron chi connectivity index (χ0n) is 17.2. The van der Waals surface area contributed by atoms with Gasteiger partial charge in [-0.2, -0.15) is 0 Å². The molecule has 0 aliphatic carbocycles. The number of benzene rings is 1. The van der Waals surface area contributed by atoms with Crippen molar-refractivity contribution in [2.45, 2.75) is 61.4 Å². The van der Waals surface area contributed by atoms with Gasteiger partial charge in [0.15, 0.2) is 5.72 Å². The second kappa shape index (κ2) is 13.5.